The Morgan fingerprint density at radius 1 is 1.35 bits per heavy atom. The van der Waals surface area contributed by atoms with Gasteiger partial charge in [-0.25, -0.2) is 0 Å². The second-order valence-electron chi connectivity index (χ2n) is 6.12. The molecule has 0 amide bonds. The minimum Gasteiger partial charge on any atom is -0.310 e. The number of hydrogen-bond donors (Lipinski definition) is 1. The van der Waals surface area contributed by atoms with Crippen molar-refractivity contribution in [2.24, 2.45) is 11.8 Å². The maximum absolute atomic E-state index is 10.6. The number of nitrogens with zero attached hydrogens (tertiary/aromatic N) is 1. The second-order valence-corrected chi connectivity index (χ2v) is 6.12. The number of rotatable bonds is 5. The van der Waals surface area contributed by atoms with E-state index in [9.17, 15) is 10.1 Å². The van der Waals surface area contributed by atoms with Crippen LogP contribution < -0.4 is 5.32 Å². The van der Waals surface area contributed by atoms with E-state index in [4.69, 9.17) is 0 Å². The Morgan fingerprint density at radius 3 is 2.65 bits per heavy atom. The second kappa shape index (κ2) is 6.84. The average Bonchev–Trinajstić information content (AvgIpc) is 2.45. The zero-order valence-electron chi connectivity index (χ0n) is 12.3. The van der Waals surface area contributed by atoms with Crippen LogP contribution in [-0.2, 0) is 0 Å². The Kier molecular flexibility index (Phi) is 5.12. The van der Waals surface area contributed by atoms with E-state index in [1.165, 1.54) is 25.7 Å². The molecule has 0 saturated heterocycles. The molecule has 4 heteroatoms. The smallest absolute Gasteiger partial charge is 0.269 e. The first-order valence-electron chi connectivity index (χ1n) is 7.54. The SMILES string of the molecule is CC1CCCC(CNC(C)c2ccc([N+](=O)[O-])cc2)C1. The molecule has 0 aliphatic heterocycles. The van der Waals surface area contributed by atoms with E-state index in [0.29, 0.717) is 0 Å². The van der Waals surface area contributed by atoms with Crippen LogP contribution in [0, 0.1) is 22.0 Å². The Balaban J connectivity index is 1.84. The molecule has 20 heavy (non-hydrogen) atoms. The predicted molar refractivity (Wildman–Crippen MR) is 80.6 cm³/mol. The lowest BCUT2D eigenvalue weighted by molar-refractivity contribution is -0.384. The predicted octanol–water partition coefficient (Wildman–Crippen LogP) is 4.07. The molecule has 1 aromatic carbocycles. The van der Waals surface area contributed by atoms with Crippen molar-refractivity contribution in [1.29, 1.82) is 0 Å². The van der Waals surface area contributed by atoms with Crippen molar-refractivity contribution in [2.45, 2.75) is 45.6 Å². The summed E-state index contributed by atoms with van der Waals surface area (Å²) in [5, 5.41) is 14.2. The van der Waals surface area contributed by atoms with Crippen LogP contribution in [0.4, 0.5) is 5.69 Å². The van der Waals surface area contributed by atoms with Gasteiger partial charge >= 0.3 is 0 Å². The number of nitrogens with one attached hydrogen (secondary N) is 1. The van der Waals surface area contributed by atoms with Crippen LogP contribution in [0.25, 0.3) is 0 Å². The van der Waals surface area contributed by atoms with Crippen LogP contribution in [0.1, 0.15) is 51.1 Å². The number of non-ortho nitro benzene ring substituents is 1. The number of hydrogen-bond acceptors (Lipinski definition) is 3. The summed E-state index contributed by atoms with van der Waals surface area (Å²) < 4.78 is 0. The summed E-state index contributed by atoms with van der Waals surface area (Å²) >= 11 is 0. The van der Waals surface area contributed by atoms with Crippen molar-refractivity contribution in [3.8, 4) is 0 Å². The van der Waals surface area contributed by atoms with Crippen molar-refractivity contribution in [3.63, 3.8) is 0 Å². The fourth-order valence-corrected chi connectivity index (χ4v) is 3.09. The zero-order valence-corrected chi connectivity index (χ0v) is 12.3. The molecule has 0 spiro atoms. The zero-order chi connectivity index (χ0) is 14.5. The Hall–Kier alpha value is -1.42. The van der Waals surface area contributed by atoms with Crippen molar-refractivity contribution < 1.29 is 4.92 Å². The molecule has 1 aromatic rings. The summed E-state index contributed by atoms with van der Waals surface area (Å²) in [4.78, 5) is 10.3. The molecule has 0 radical (unpaired) electrons. The minimum atomic E-state index is -0.356. The van der Waals surface area contributed by atoms with Crippen molar-refractivity contribution >= 4 is 5.69 Å². The van der Waals surface area contributed by atoms with E-state index in [0.717, 1.165) is 23.9 Å². The van der Waals surface area contributed by atoms with Gasteiger partial charge in [-0.3, -0.25) is 10.1 Å². The molecule has 0 bridgehead atoms. The van der Waals surface area contributed by atoms with Crippen LogP contribution in [-0.4, -0.2) is 11.5 Å². The van der Waals surface area contributed by atoms with Gasteiger partial charge in [0.15, 0.2) is 0 Å². The average molecular weight is 276 g/mol. The maximum Gasteiger partial charge on any atom is 0.269 e. The van der Waals surface area contributed by atoms with Crippen LogP contribution in [0.5, 0.6) is 0 Å². The van der Waals surface area contributed by atoms with Crippen LogP contribution in [0.2, 0.25) is 0 Å². The highest BCUT2D eigenvalue weighted by molar-refractivity contribution is 5.34. The maximum atomic E-state index is 10.6. The summed E-state index contributed by atoms with van der Waals surface area (Å²) in [5.74, 6) is 1.63. The van der Waals surface area contributed by atoms with Crippen molar-refractivity contribution in [2.75, 3.05) is 6.54 Å². The highest BCUT2D eigenvalue weighted by Gasteiger charge is 2.19. The lowest BCUT2D eigenvalue weighted by Crippen LogP contribution is -2.28. The molecule has 1 N–H and O–H groups in total. The van der Waals surface area contributed by atoms with E-state index >= 15 is 0 Å². The van der Waals surface area contributed by atoms with Crippen LogP contribution in [0.15, 0.2) is 24.3 Å². The fraction of sp³-hybridized carbons (Fsp3) is 0.625. The summed E-state index contributed by atoms with van der Waals surface area (Å²) in [6.07, 6.45) is 5.36. The van der Waals surface area contributed by atoms with Gasteiger partial charge in [-0.1, -0.05) is 31.9 Å². The van der Waals surface area contributed by atoms with Gasteiger partial charge in [-0.2, -0.15) is 0 Å². The monoisotopic (exact) mass is 276 g/mol. The van der Waals surface area contributed by atoms with Gasteiger partial charge in [0.05, 0.1) is 4.92 Å². The lowest BCUT2D eigenvalue weighted by Gasteiger charge is -2.28. The topological polar surface area (TPSA) is 55.2 Å². The summed E-state index contributed by atoms with van der Waals surface area (Å²) in [6, 6.07) is 7.10. The molecule has 0 heterocycles. The Bertz CT molecular complexity index is 444. The highest BCUT2D eigenvalue weighted by atomic mass is 16.6. The first-order chi connectivity index (χ1) is 9.56. The number of nitro benzene ring substituents is 1. The van der Waals surface area contributed by atoms with E-state index in [1.54, 1.807) is 12.1 Å². The van der Waals surface area contributed by atoms with E-state index in [1.807, 2.05) is 12.1 Å². The fourth-order valence-electron chi connectivity index (χ4n) is 3.09. The van der Waals surface area contributed by atoms with Gasteiger partial charge < -0.3 is 5.32 Å². The van der Waals surface area contributed by atoms with Gasteiger partial charge in [0.2, 0.25) is 0 Å². The molecule has 1 aliphatic carbocycles. The lowest BCUT2D eigenvalue weighted by atomic mass is 9.82. The molecular weight excluding hydrogens is 252 g/mol. The molecule has 2 rings (SSSR count). The Labute approximate surface area is 120 Å². The van der Waals surface area contributed by atoms with Crippen molar-refractivity contribution in [3.05, 3.63) is 39.9 Å². The molecule has 3 atom stereocenters. The minimum absolute atomic E-state index is 0.155. The number of nitro groups is 1. The normalized spacial score (nSPS) is 24.3. The molecule has 4 nitrogen and oxygen atoms in total. The molecule has 1 saturated carbocycles. The summed E-state index contributed by atoms with van der Waals surface area (Å²) in [6.45, 7) is 5.50. The van der Waals surface area contributed by atoms with E-state index in [-0.39, 0.29) is 16.7 Å². The highest BCUT2D eigenvalue weighted by Crippen LogP contribution is 2.28. The van der Waals surface area contributed by atoms with Crippen LogP contribution >= 0.6 is 0 Å². The molecule has 110 valence electrons. The van der Waals surface area contributed by atoms with Gasteiger partial charge in [-0.15, -0.1) is 0 Å². The first-order valence-corrected chi connectivity index (χ1v) is 7.54. The molecule has 3 unspecified atom stereocenters. The van der Waals surface area contributed by atoms with Gasteiger partial charge in [-0.05, 0) is 43.7 Å². The van der Waals surface area contributed by atoms with Crippen LogP contribution in [0.3, 0.4) is 0 Å². The van der Waals surface area contributed by atoms with Gasteiger partial charge in [0, 0.05) is 18.2 Å². The number of benzene rings is 1. The summed E-state index contributed by atoms with van der Waals surface area (Å²) in [7, 11) is 0. The third kappa shape index (κ3) is 4.04. The Morgan fingerprint density at radius 2 is 2.05 bits per heavy atom. The molecule has 1 aliphatic rings. The van der Waals surface area contributed by atoms with E-state index < -0.39 is 0 Å². The molecule has 1 fully saturated rings. The van der Waals surface area contributed by atoms with Crippen molar-refractivity contribution in [1.82, 2.24) is 5.32 Å². The van der Waals surface area contributed by atoms with Gasteiger partial charge in [0.1, 0.15) is 0 Å². The summed E-state index contributed by atoms with van der Waals surface area (Å²) in [5.41, 5.74) is 1.27. The third-order valence-electron chi connectivity index (χ3n) is 4.36. The van der Waals surface area contributed by atoms with Gasteiger partial charge in [0.25, 0.3) is 5.69 Å². The third-order valence-corrected chi connectivity index (χ3v) is 4.36. The molecular formula is C16H24N2O2. The quantitative estimate of drug-likeness (QED) is 0.651. The molecule has 0 aromatic heterocycles. The van der Waals surface area contributed by atoms with E-state index in [2.05, 4.69) is 19.2 Å². The standard InChI is InChI=1S/C16H24N2O2/c1-12-4-3-5-14(10-12)11-17-13(2)15-6-8-16(9-7-15)18(19)20/h6-9,12-14,17H,3-5,10-11H2,1-2H3. The first kappa shape index (κ1) is 15.0. The largest absolute Gasteiger partial charge is 0.310 e.